The van der Waals surface area contributed by atoms with Crippen LogP contribution in [0.5, 0.6) is 11.5 Å². The van der Waals surface area contributed by atoms with E-state index in [1.807, 2.05) is 84.9 Å². The molecule has 3 aromatic carbocycles. The molecule has 0 bridgehead atoms. The van der Waals surface area contributed by atoms with Crippen molar-refractivity contribution in [2.24, 2.45) is 0 Å². The summed E-state index contributed by atoms with van der Waals surface area (Å²) < 4.78 is 11.8. The van der Waals surface area contributed by atoms with Crippen molar-refractivity contribution in [1.29, 1.82) is 0 Å². The molecular formula is C20H14N2O2. The van der Waals surface area contributed by atoms with Gasteiger partial charge in [-0.15, -0.1) is 10.2 Å². The third kappa shape index (κ3) is 2.90. The van der Waals surface area contributed by atoms with Gasteiger partial charge in [0.15, 0.2) is 0 Å². The Bertz CT molecular complexity index is 934. The predicted octanol–water partition coefficient (Wildman–Crippen LogP) is 5.20. The summed E-state index contributed by atoms with van der Waals surface area (Å²) in [5.41, 5.74) is 1.65. The van der Waals surface area contributed by atoms with E-state index in [0.29, 0.717) is 17.5 Å². The van der Waals surface area contributed by atoms with Crippen LogP contribution < -0.4 is 4.74 Å². The molecule has 116 valence electrons. The van der Waals surface area contributed by atoms with Crippen molar-refractivity contribution in [3.8, 4) is 34.4 Å². The fraction of sp³-hybridized carbons (Fsp3) is 0. The topological polar surface area (TPSA) is 48.2 Å². The van der Waals surface area contributed by atoms with Crippen LogP contribution in [0, 0.1) is 0 Å². The lowest BCUT2D eigenvalue weighted by Gasteiger charge is -2.08. The zero-order chi connectivity index (χ0) is 16.2. The Kier molecular flexibility index (Phi) is 3.78. The van der Waals surface area contributed by atoms with Gasteiger partial charge in [-0.3, -0.25) is 0 Å². The highest BCUT2D eigenvalue weighted by Gasteiger charge is 2.14. The fourth-order valence-electron chi connectivity index (χ4n) is 2.38. The van der Waals surface area contributed by atoms with Crippen molar-refractivity contribution in [3.05, 3.63) is 84.9 Å². The summed E-state index contributed by atoms with van der Waals surface area (Å²) in [6.07, 6.45) is 0. The molecule has 4 heteroatoms. The SMILES string of the molecule is c1ccc(Oc2ccccc2-c2nnc(-c3ccccc3)o2)cc1. The molecule has 4 nitrogen and oxygen atoms in total. The van der Waals surface area contributed by atoms with E-state index in [2.05, 4.69) is 10.2 Å². The zero-order valence-corrected chi connectivity index (χ0v) is 12.8. The predicted molar refractivity (Wildman–Crippen MR) is 91.7 cm³/mol. The van der Waals surface area contributed by atoms with Gasteiger partial charge in [0.05, 0.1) is 5.56 Å². The number of rotatable bonds is 4. The first-order chi connectivity index (χ1) is 11.9. The Morgan fingerprint density at radius 2 is 1.25 bits per heavy atom. The van der Waals surface area contributed by atoms with Crippen LogP contribution in [0.15, 0.2) is 89.3 Å². The molecule has 1 aromatic heterocycles. The zero-order valence-electron chi connectivity index (χ0n) is 12.8. The summed E-state index contributed by atoms with van der Waals surface area (Å²) >= 11 is 0. The van der Waals surface area contributed by atoms with Crippen LogP contribution in [0.25, 0.3) is 22.9 Å². The molecule has 0 spiro atoms. The third-order valence-corrected chi connectivity index (χ3v) is 3.53. The number of aromatic nitrogens is 2. The maximum absolute atomic E-state index is 5.95. The van der Waals surface area contributed by atoms with Gasteiger partial charge in [-0.1, -0.05) is 48.5 Å². The van der Waals surface area contributed by atoms with Crippen molar-refractivity contribution in [2.45, 2.75) is 0 Å². The summed E-state index contributed by atoms with van der Waals surface area (Å²) in [4.78, 5) is 0. The number of hydrogen-bond acceptors (Lipinski definition) is 4. The lowest BCUT2D eigenvalue weighted by atomic mass is 10.2. The highest BCUT2D eigenvalue weighted by Crippen LogP contribution is 2.33. The number of benzene rings is 3. The van der Waals surface area contributed by atoms with Gasteiger partial charge < -0.3 is 9.15 Å². The van der Waals surface area contributed by atoms with E-state index in [1.165, 1.54) is 0 Å². The molecule has 0 aliphatic rings. The first-order valence-corrected chi connectivity index (χ1v) is 7.61. The number of nitrogens with zero attached hydrogens (tertiary/aromatic N) is 2. The smallest absolute Gasteiger partial charge is 0.251 e. The van der Waals surface area contributed by atoms with Crippen LogP contribution in [0.3, 0.4) is 0 Å². The second-order valence-electron chi connectivity index (χ2n) is 5.19. The standard InChI is InChI=1S/C20H14N2O2/c1-3-9-15(10-4-1)19-21-22-20(24-19)17-13-7-8-14-18(17)23-16-11-5-2-6-12-16/h1-14H. The quantitative estimate of drug-likeness (QED) is 0.519. The van der Waals surface area contributed by atoms with Crippen molar-refractivity contribution in [1.82, 2.24) is 10.2 Å². The van der Waals surface area contributed by atoms with Gasteiger partial charge in [0, 0.05) is 5.56 Å². The highest BCUT2D eigenvalue weighted by molar-refractivity contribution is 5.64. The Morgan fingerprint density at radius 1 is 0.625 bits per heavy atom. The third-order valence-electron chi connectivity index (χ3n) is 3.53. The van der Waals surface area contributed by atoms with Crippen LogP contribution in [0.2, 0.25) is 0 Å². The summed E-state index contributed by atoms with van der Waals surface area (Å²) in [5.74, 6) is 2.35. The monoisotopic (exact) mass is 314 g/mol. The minimum Gasteiger partial charge on any atom is -0.457 e. The second kappa shape index (κ2) is 6.38. The molecule has 0 saturated carbocycles. The molecular weight excluding hydrogens is 300 g/mol. The summed E-state index contributed by atoms with van der Waals surface area (Å²) in [7, 11) is 0. The molecule has 24 heavy (non-hydrogen) atoms. The summed E-state index contributed by atoms with van der Waals surface area (Å²) in [6, 6.07) is 26.9. The maximum atomic E-state index is 5.95. The minimum absolute atomic E-state index is 0.431. The average Bonchev–Trinajstić information content (AvgIpc) is 3.14. The van der Waals surface area contributed by atoms with Gasteiger partial charge in [0.25, 0.3) is 5.89 Å². The van der Waals surface area contributed by atoms with Crippen LogP contribution >= 0.6 is 0 Å². The van der Waals surface area contributed by atoms with Crippen LogP contribution in [0.1, 0.15) is 0 Å². The van der Waals surface area contributed by atoms with E-state index in [-0.39, 0.29) is 0 Å². The Hall–Kier alpha value is -3.40. The van der Waals surface area contributed by atoms with Gasteiger partial charge in [-0.25, -0.2) is 0 Å². The molecule has 0 saturated heterocycles. The van der Waals surface area contributed by atoms with Crippen molar-refractivity contribution in [2.75, 3.05) is 0 Å². The molecule has 0 aliphatic heterocycles. The molecule has 4 aromatic rings. The van der Waals surface area contributed by atoms with Crippen molar-refractivity contribution in [3.63, 3.8) is 0 Å². The first-order valence-electron chi connectivity index (χ1n) is 7.61. The molecule has 0 atom stereocenters. The largest absolute Gasteiger partial charge is 0.457 e. The molecule has 1 heterocycles. The molecule has 0 radical (unpaired) electrons. The minimum atomic E-state index is 0.431. The first kappa shape index (κ1) is 14.2. The molecule has 0 unspecified atom stereocenters. The summed E-state index contributed by atoms with van der Waals surface area (Å²) in [5, 5.41) is 8.31. The Labute approximate surface area is 139 Å². The lowest BCUT2D eigenvalue weighted by molar-refractivity contribution is 0.480. The van der Waals surface area contributed by atoms with E-state index in [9.17, 15) is 0 Å². The van der Waals surface area contributed by atoms with E-state index in [4.69, 9.17) is 9.15 Å². The van der Waals surface area contributed by atoms with Gasteiger partial charge in [-0.2, -0.15) is 0 Å². The fourth-order valence-corrected chi connectivity index (χ4v) is 2.38. The van der Waals surface area contributed by atoms with Gasteiger partial charge in [-0.05, 0) is 36.4 Å². The molecule has 4 rings (SSSR count). The maximum Gasteiger partial charge on any atom is 0.251 e. The van der Waals surface area contributed by atoms with Gasteiger partial charge in [0.1, 0.15) is 11.5 Å². The van der Waals surface area contributed by atoms with Crippen LogP contribution in [-0.2, 0) is 0 Å². The highest BCUT2D eigenvalue weighted by atomic mass is 16.5. The average molecular weight is 314 g/mol. The van der Waals surface area contributed by atoms with Crippen molar-refractivity contribution < 1.29 is 9.15 Å². The van der Waals surface area contributed by atoms with Gasteiger partial charge in [0.2, 0.25) is 5.89 Å². The van der Waals surface area contributed by atoms with Crippen LogP contribution in [0.4, 0.5) is 0 Å². The molecule has 0 aliphatic carbocycles. The van der Waals surface area contributed by atoms with E-state index >= 15 is 0 Å². The second-order valence-corrected chi connectivity index (χ2v) is 5.19. The Morgan fingerprint density at radius 3 is 2.04 bits per heavy atom. The number of hydrogen-bond donors (Lipinski definition) is 0. The normalized spacial score (nSPS) is 10.5. The molecule has 0 amide bonds. The number of ether oxygens (including phenoxy) is 1. The molecule has 0 N–H and O–H groups in total. The lowest BCUT2D eigenvalue weighted by Crippen LogP contribution is -1.88. The number of para-hydroxylation sites is 2. The molecule has 0 fully saturated rings. The van der Waals surface area contributed by atoms with E-state index in [1.54, 1.807) is 0 Å². The van der Waals surface area contributed by atoms with Crippen molar-refractivity contribution >= 4 is 0 Å². The van der Waals surface area contributed by atoms with E-state index in [0.717, 1.165) is 16.9 Å². The Balaban J connectivity index is 1.69. The summed E-state index contributed by atoms with van der Waals surface area (Å²) in [6.45, 7) is 0. The van der Waals surface area contributed by atoms with Gasteiger partial charge >= 0.3 is 0 Å². The van der Waals surface area contributed by atoms with E-state index < -0.39 is 0 Å². The van der Waals surface area contributed by atoms with Crippen LogP contribution in [-0.4, -0.2) is 10.2 Å².